The highest BCUT2D eigenvalue weighted by Crippen LogP contribution is 2.39. The number of hydrogen-bond acceptors (Lipinski definition) is 1. The third-order valence-corrected chi connectivity index (χ3v) is 41.4. The number of carbonyl (C=O) groups excluding carboxylic acids is 1. The molecule has 0 aromatic carbocycles. The molecule has 0 spiro atoms. The van der Waals surface area contributed by atoms with E-state index in [0.29, 0.717) is 11.8 Å². The molecule has 0 aromatic heterocycles. The number of allylic oxidation sites excluding steroid dienone is 4. The zero-order chi connectivity index (χ0) is 14.9. The number of halogens is 1. The zero-order valence-corrected chi connectivity index (χ0v) is 16.1. The molecule has 5 heteroatoms. The second kappa shape index (κ2) is 5.61. The molecule has 108 valence electrons. The van der Waals surface area contributed by atoms with Crippen molar-refractivity contribution in [3.8, 4) is 0 Å². The smallest absolute Gasteiger partial charge is 0.148 e. The molecule has 0 radical (unpaired) electrons. The van der Waals surface area contributed by atoms with Crippen LogP contribution in [0, 0.1) is 0 Å². The van der Waals surface area contributed by atoms with Crippen molar-refractivity contribution in [1.82, 2.24) is 0 Å². The van der Waals surface area contributed by atoms with Gasteiger partial charge in [-0.2, -0.15) is 0 Å². The quantitative estimate of drug-likeness (QED) is 0.696. The molecule has 0 saturated carbocycles. The van der Waals surface area contributed by atoms with E-state index in [1.807, 2.05) is 12.2 Å². The first kappa shape index (κ1) is 16.8. The minimum absolute atomic E-state index is 0.281. The molecular formula is C14H27FOSi3. The normalized spacial score (nSPS) is 19.5. The maximum atomic E-state index is 12.9. The molecule has 0 fully saturated rings. The molecule has 0 unspecified atom stereocenters. The summed E-state index contributed by atoms with van der Waals surface area (Å²) in [5, 5.41) is 1.76. The Kier molecular flexibility index (Phi) is 4.96. The zero-order valence-electron chi connectivity index (χ0n) is 13.1. The minimum atomic E-state index is -2.11. The fourth-order valence-corrected chi connectivity index (χ4v) is 50.2. The molecule has 1 nitrogen and oxygen atoms in total. The summed E-state index contributed by atoms with van der Waals surface area (Å²) >= 11 is 0. The first-order valence-corrected chi connectivity index (χ1v) is 18.1. The van der Waals surface area contributed by atoms with Crippen molar-refractivity contribution in [3.63, 3.8) is 0 Å². The second-order valence-electron chi connectivity index (χ2n) is 7.46. The Morgan fingerprint density at radius 1 is 1.11 bits per heavy atom. The van der Waals surface area contributed by atoms with E-state index >= 15 is 0 Å². The van der Waals surface area contributed by atoms with Crippen LogP contribution in [0.1, 0.15) is 12.8 Å². The van der Waals surface area contributed by atoms with Gasteiger partial charge in [-0.1, -0.05) is 56.6 Å². The van der Waals surface area contributed by atoms with Crippen LogP contribution in [-0.2, 0) is 4.79 Å². The highest BCUT2D eigenvalue weighted by Gasteiger charge is 2.61. The predicted octanol–water partition coefficient (Wildman–Crippen LogP) is 4.16. The van der Waals surface area contributed by atoms with E-state index in [1.165, 1.54) is 5.20 Å². The lowest BCUT2D eigenvalue weighted by Crippen LogP contribution is -2.77. The van der Waals surface area contributed by atoms with E-state index in [-0.39, 0.29) is 6.67 Å². The average Bonchev–Trinajstić information content (AvgIpc) is 2.22. The summed E-state index contributed by atoms with van der Waals surface area (Å²) in [5.41, 5.74) is 0. The topological polar surface area (TPSA) is 17.1 Å². The van der Waals surface area contributed by atoms with Crippen LogP contribution in [0.5, 0.6) is 0 Å². The average molecular weight is 315 g/mol. The minimum Gasteiger partial charge on any atom is -0.301 e. The summed E-state index contributed by atoms with van der Waals surface area (Å²) in [5.74, 6) is 0. The molecule has 0 N–H and O–H groups in total. The van der Waals surface area contributed by atoms with Gasteiger partial charge in [0.15, 0.2) is 0 Å². The fourth-order valence-electron chi connectivity index (χ4n) is 4.02. The molecule has 0 bridgehead atoms. The van der Waals surface area contributed by atoms with Gasteiger partial charge in [0.05, 0.1) is 21.9 Å². The van der Waals surface area contributed by atoms with Crippen LogP contribution in [0.3, 0.4) is 0 Å². The number of rotatable bonds is 5. The van der Waals surface area contributed by atoms with Crippen molar-refractivity contribution >= 4 is 27.7 Å². The Morgan fingerprint density at radius 3 is 2.05 bits per heavy atom. The van der Waals surface area contributed by atoms with Crippen molar-refractivity contribution in [1.29, 1.82) is 0 Å². The van der Waals surface area contributed by atoms with Crippen LogP contribution in [0.2, 0.25) is 39.3 Å². The van der Waals surface area contributed by atoms with E-state index in [1.54, 1.807) is 0 Å². The molecule has 19 heavy (non-hydrogen) atoms. The SMILES string of the molecule is C[Si](C)(C)[Si]1([Si](C)(C)C)C(=O)C=CC=C1CCCF. The Bertz CT molecular complexity index is 399. The van der Waals surface area contributed by atoms with Crippen molar-refractivity contribution in [2.45, 2.75) is 52.1 Å². The summed E-state index contributed by atoms with van der Waals surface area (Å²) in [6, 6.07) is 0. The number of alkyl halides is 1. The van der Waals surface area contributed by atoms with Crippen LogP contribution in [0.15, 0.2) is 23.4 Å². The van der Waals surface area contributed by atoms with E-state index in [4.69, 9.17) is 0 Å². The summed E-state index contributed by atoms with van der Waals surface area (Å²) < 4.78 is 12.6. The van der Waals surface area contributed by atoms with E-state index in [2.05, 4.69) is 45.4 Å². The Balaban J connectivity index is 3.44. The lowest BCUT2D eigenvalue weighted by Gasteiger charge is -2.50. The number of hydrogen-bond donors (Lipinski definition) is 0. The maximum absolute atomic E-state index is 12.9. The van der Waals surface area contributed by atoms with E-state index < -0.39 is 22.3 Å². The highest BCUT2D eigenvalue weighted by atomic mass is 29.6. The largest absolute Gasteiger partial charge is 0.301 e. The highest BCUT2D eigenvalue weighted by molar-refractivity contribution is 7.80. The van der Waals surface area contributed by atoms with Gasteiger partial charge in [-0.25, -0.2) is 0 Å². The Morgan fingerprint density at radius 2 is 1.63 bits per heavy atom. The molecule has 0 amide bonds. The van der Waals surface area contributed by atoms with E-state index in [0.717, 1.165) is 6.42 Å². The summed E-state index contributed by atoms with van der Waals surface area (Å²) in [6.45, 7) is 13.8. The van der Waals surface area contributed by atoms with Crippen molar-refractivity contribution in [2.24, 2.45) is 0 Å². The van der Waals surface area contributed by atoms with Gasteiger partial charge in [-0.15, -0.1) is 0 Å². The van der Waals surface area contributed by atoms with Gasteiger partial charge in [0.25, 0.3) is 0 Å². The van der Waals surface area contributed by atoms with Crippen LogP contribution < -0.4 is 0 Å². The van der Waals surface area contributed by atoms with Crippen LogP contribution in [0.25, 0.3) is 0 Å². The van der Waals surface area contributed by atoms with Gasteiger partial charge in [-0.3, -0.25) is 4.39 Å². The van der Waals surface area contributed by atoms with Gasteiger partial charge in [0.1, 0.15) is 12.5 Å². The molecule has 0 atom stereocenters. The molecule has 1 rings (SSSR count). The second-order valence-corrected chi connectivity index (χ2v) is 34.1. The van der Waals surface area contributed by atoms with Gasteiger partial charge in [-0.05, 0) is 18.9 Å². The van der Waals surface area contributed by atoms with Crippen molar-refractivity contribution in [2.75, 3.05) is 6.67 Å². The third kappa shape index (κ3) is 2.78. The molecule has 1 heterocycles. The van der Waals surface area contributed by atoms with Crippen molar-refractivity contribution in [3.05, 3.63) is 23.4 Å². The molecule has 1 aliphatic rings. The molecule has 1 aliphatic heterocycles. The van der Waals surface area contributed by atoms with Crippen molar-refractivity contribution < 1.29 is 9.18 Å². The molecule has 0 saturated heterocycles. The van der Waals surface area contributed by atoms with Gasteiger partial charge >= 0.3 is 0 Å². The van der Waals surface area contributed by atoms with Gasteiger partial charge < -0.3 is 4.79 Å². The Labute approximate surface area is 119 Å². The maximum Gasteiger partial charge on any atom is 0.148 e. The van der Waals surface area contributed by atoms with Crippen LogP contribution in [0.4, 0.5) is 4.39 Å². The standard InChI is InChI=1S/C14H27FOSi3/c1-17(2,3)19(18(4,5)6)13(10-8-12-15)9-7-11-14(19)16/h7,9,11H,8,10,12H2,1-6H3. The third-order valence-electron chi connectivity index (χ3n) is 4.23. The molecule has 0 aromatic rings. The van der Waals surface area contributed by atoms with Gasteiger partial charge in [0.2, 0.25) is 0 Å². The monoisotopic (exact) mass is 314 g/mol. The summed E-state index contributed by atoms with van der Waals surface area (Å²) in [4.78, 5) is 12.9. The predicted molar refractivity (Wildman–Crippen MR) is 89.9 cm³/mol. The van der Waals surface area contributed by atoms with Gasteiger partial charge in [0, 0.05) is 0 Å². The Hall–Kier alpha value is -0.269. The summed E-state index contributed by atoms with van der Waals surface area (Å²) in [6.07, 6.45) is 7.20. The lowest BCUT2D eigenvalue weighted by molar-refractivity contribution is -0.108. The fraction of sp³-hybridized carbons (Fsp3) is 0.643. The van der Waals surface area contributed by atoms with Crippen LogP contribution in [-0.4, -0.2) is 34.4 Å². The number of carbonyl (C=O) groups is 1. The first-order valence-electron chi connectivity index (χ1n) is 7.07. The molecule has 0 aliphatic carbocycles. The summed E-state index contributed by atoms with van der Waals surface area (Å²) in [7, 11) is -5.33. The lowest BCUT2D eigenvalue weighted by atomic mass is 10.3. The first-order chi connectivity index (χ1) is 8.59. The van der Waals surface area contributed by atoms with E-state index in [9.17, 15) is 9.18 Å². The van der Waals surface area contributed by atoms with Crippen LogP contribution >= 0.6 is 0 Å². The molecular weight excluding hydrogens is 287 g/mol.